The Kier molecular flexibility index (Phi) is 6.28. The molecule has 0 spiro atoms. The standard InChI is InChI=1S/C50H30O2/c1-2-13-32(14-3-1)36-16-6-7-17-38(36)48-41-20-10-8-18-39(41)47(40-19-9-11-21-42(40)48)35-24-25-37-43-26-27-45-49(50(43)52-46(37)29-35)44(30-51-45)34-23-22-31-12-4-5-15-33(31)28-34/h1-30H. The van der Waals surface area contributed by atoms with Crippen molar-refractivity contribution in [2.24, 2.45) is 0 Å². The molecule has 9 aromatic carbocycles. The summed E-state index contributed by atoms with van der Waals surface area (Å²) >= 11 is 0. The lowest BCUT2D eigenvalue weighted by atomic mass is 9.84. The minimum Gasteiger partial charge on any atom is -0.464 e. The lowest BCUT2D eigenvalue weighted by Crippen LogP contribution is -1.92. The van der Waals surface area contributed by atoms with Gasteiger partial charge in [-0.2, -0.15) is 0 Å². The molecule has 0 fully saturated rings. The average molecular weight is 663 g/mol. The lowest BCUT2D eigenvalue weighted by molar-refractivity contribution is 0.616. The van der Waals surface area contributed by atoms with Crippen molar-refractivity contribution in [2.75, 3.05) is 0 Å². The van der Waals surface area contributed by atoms with Crippen LogP contribution in [0.2, 0.25) is 0 Å². The number of benzene rings is 9. The van der Waals surface area contributed by atoms with Crippen molar-refractivity contribution < 1.29 is 8.83 Å². The van der Waals surface area contributed by atoms with Crippen molar-refractivity contribution >= 4 is 65.2 Å². The van der Waals surface area contributed by atoms with E-state index in [1.807, 2.05) is 6.26 Å². The molecule has 0 atom stereocenters. The number of furan rings is 2. The summed E-state index contributed by atoms with van der Waals surface area (Å²) in [5.74, 6) is 0. The molecule has 0 saturated heterocycles. The zero-order valence-electron chi connectivity index (χ0n) is 28.1. The van der Waals surface area contributed by atoms with E-state index in [4.69, 9.17) is 8.83 Å². The molecule has 52 heavy (non-hydrogen) atoms. The molecule has 2 aromatic heterocycles. The van der Waals surface area contributed by atoms with E-state index < -0.39 is 0 Å². The zero-order valence-corrected chi connectivity index (χ0v) is 28.1. The van der Waals surface area contributed by atoms with E-state index in [0.29, 0.717) is 0 Å². The van der Waals surface area contributed by atoms with Gasteiger partial charge in [0.05, 0.1) is 11.6 Å². The lowest BCUT2D eigenvalue weighted by Gasteiger charge is -2.19. The van der Waals surface area contributed by atoms with E-state index in [0.717, 1.165) is 49.6 Å². The van der Waals surface area contributed by atoms with Crippen molar-refractivity contribution in [3.63, 3.8) is 0 Å². The van der Waals surface area contributed by atoms with E-state index in [2.05, 4.69) is 176 Å². The van der Waals surface area contributed by atoms with E-state index in [1.54, 1.807) is 0 Å². The summed E-state index contributed by atoms with van der Waals surface area (Å²) in [6.45, 7) is 0. The maximum absolute atomic E-state index is 6.86. The highest BCUT2D eigenvalue weighted by Gasteiger charge is 2.21. The minimum absolute atomic E-state index is 0.818. The van der Waals surface area contributed by atoms with Gasteiger partial charge >= 0.3 is 0 Å². The first-order valence-electron chi connectivity index (χ1n) is 17.7. The Morgan fingerprint density at radius 1 is 0.327 bits per heavy atom. The second kappa shape index (κ2) is 11.3. The number of fused-ring (bicyclic) bond motifs is 8. The molecule has 0 N–H and O–H groups in total. The molecule has 0 unspecified atom stereocenters. The molecule has 0 aliphatic carbocycles. The van der Waals surface area contributed by atoms with Gasteiger partial charge in [0.1, 0.15) is 16.7 Å². The fourth-order valence-corrected chi connectivity index (χ4v) is 8.38. The third-order valence-corrected chi connectivity index (χ3v) is 10.7. The quantitative estimate of drug-likeness (QED) is 0.175. The van der Waals surface area contributed by atoms with Crippen molar-refractivity contribution in [2.45, 2.75) is 0 Å². The minimum atomic E-state index is 0.818. The molecule has 0 bridgehead atoms. The highest BCUT2D eigenvalue weighted by molar-refractivity contribution is 6.24. The maximum atomic E-state index is 6.86. The summed E-state index contributed by atoms with van der Waals surface area (Å²) in [7, 11) is 0. The summed E-state index contributed by atoms with van der Waals surface area (Å²) < 4.78 is 13.0. The van der Waals surface area contributed by atoms with Gasteiger partial charge in [0.2, 0.25) is 0 Å². The van der Waals surface area contributed by atoms with Gasteiger partial charge < -0.3 is 8.83 Å². The van der Waals surface area contributed by atoms with Gasteiger partial charge in [0.25, 0.3) is 0 Å². The maximum Gasteiger partial charge on any atom is 0.147 e. The van der Waals surface area contributed by atoms with Crippen molar-refractivity contribution in [1.82, 2.24) is 0 Å². The normalized spacial score (nSPS) is 11.8. The Bertz CT molecular complexity index is 3120. The third-order valence-electron chi connectivity index (χ3n) is 10.7. The Balaban J connectivity index is 1.14. The van der Waals surface area contributed by atoms with Crippen molar-refractivity contribution in [3.05, 3.63) is 182 Å². The SMILES string of the molecule is c1ccc(-c2ccccc2-c2c3ccccc3c(-c3ccc4c(c3)oc3c4ccc4occ(-c5ccc6ccccc6c5)c43)c3ccccc23)cc1. The average Bonchev–Trinajstić information content (AvgIpc) is 3.81. The third kappa shape index (κ3) is 4.31. The van der Waals surface area contributed by atoms with E-state index >= 15 is 0 Å². The molecule has 2 heterocycles. The van der Waals surface area contributed by atoms with E-state index in [-0.39, 0.29) is 0 Å². The van der Waals surface area contributed by atoms with Crippen LogP contribution in [0.15, 0.2) is 191 Å². The van der Waals surface area contributed by atoms with Gasteiger partial charge in [-0.1, -0.05) is 146 Å². The van der Waals surface area contributed by atoms with Crippen LogP contribution in [0.3, 0.4) is 0 Å². The van der Waals surface area contributed by atoms with Gasteiger partial charge in [-0.3, -0.25) is 0 Å². The number of rotatable bonds is 4. The van der Waals surface area contributed by atoms with Crippen LogP contribution in [0.1, 0.15) is 0 Å². The molecule has 11 aromatic rings. The number of hydrogen-bond donors (Lipinski definition) is 0. The van der Waals surface area contributed by atoms with Gasteiger partial charge in [0.15, 0.2) is 0 Å². The first-order chi connectivity index (χ1) is 25.8. The van der Waals surface area contributed by atoms with Crippen LogP contribution in [-0.2, 0) is 0 Å². The molecule has 0 aliphatic rings. The summed E-state index contributed by atoms with van der Waals surface area (Å²) in [4.78, 5) is 0. The van der Waals surface area contributed by atoms with Crippen LogP contribution in [-0.4, -0.2) is 0 Å². The molecule has 0 radical (unpaired) electrons. The number of hydrogen-bond acceptors (Lipinski definition) is 2. The highest BCUT2D eigenvalue weighted by Crippen LogP contribution is 2.47. The van der Waals surface area contributed by atoms with Gasteiger partial charge in [-0.05, 0) is 102 Å². The Labute approximate surface area is 299 Å². The molecule has 0 amide bonds. The molecular formula is C50H30O2. The van der Waals surface area contributed by atoms with Crippen molar-refractivity contribution in [1.29, 1.82) is 0 Å². The van der Waals surface area contributed by atoms with Crippen molar-refractivity contribution in [3.8, 4) is 44.5 Å². The topological polar surface area (TPSA) is 26.3 Å². The predicted molar refractivity (Wildman–Crippen MR) is 218 cm³/mol. The zero-order chi connectivity index (χ0) is 34.2. The molecule has 0 saturated carbocycles. The Hall–Kier alpha value is -6.90. The second-order valence-electron chi connectivity index (χ2n) is 13.6. The molecule has 242 valence electrons. The summed E-state index contributed by atoms with van der Waals surface area (Å²) in [6.07, 6.45) is 1.86. The highest BCUT2D eigenvalue weighted by atomic mass is 16.3. The van der Waals surface area contributed by atoms with Crippen LogP contribution >= 0.6 is 0 Å². The molecular weight excluding hydrogens is 633 g/mol. The van der Waals surface area contributed by atoms with Crippen LogP contribution in [0, 0.1) is 0 Å². The first-order valence-corrected chi connectivity index (χ1v) is 17.7. The van der Waals surface area contributed by atoms with Crippen LogP contribution < -0.4 is 0 Å². The first kappa shape index (κ1) is 28.9. The summed E-state index contributed by atoms with van der Waals surface area (Å²) in [5.41, 5.74) is 11.9. The Morgan fingerprint density at radius 3 is 1.71 bits per heavy atom. The van der Waals surface area contributed by atoms with E-state index in [9.17, 15) is 0 Å². The monoisotopic (exact) mass is 662 g/mol. The molecule has 2 heteroatoms. The van der Waals surface area contributed by atoms with Crippen LogP contribution in [0.25, 0.3) is 110 Å². The summed E-state index contributed by atoms with van der Waals surface area (Å²) in [6, 6.07) is 63.1. The van der Waals surface area contributed by atoms with Gasteiger partial charge in [0, 0.05) is 16.3 Å². The van der Waals surface area contributed by atoms with Crippen LogP contribution in [0.5, 0.6) is 0 Å². The summed E-state index contributed by atoms with van der Waals surface area (Å²) in [5, 5.41) is 10.5. The Morgan fingerprint density at radius 2 is 0.942 bits per heavy atom. The predicted octanol–water partition coefficient (Wildman–Crippen LogP) is 14.5. The fraction of sp³-hybridized carbons (Fsp3) is 0. The largest absolute Gasteiger partial charge is 0.464 e. The van der Waals surface area contributed by atoms with E-state index in [1.165, 1.54) is 60.1 Å². The fourth-order valence-electron chi connectivity index (χ4n) is 8.38. The van der Waals surface area contributed by atoms with Gasteiger partial charge in [-0.15, -0.1) is 0 Å². The second-order valence-corrected chi connectivity index (χ2v) is 13.6. The van der Waals surface area contributed by atoms with Crippen LogP contribution in [0.4, 0.5) is 0 Å². The smallest absolute Gasteiger partial charge is 0.147 e. The molecule has 2 nitrogen and oxygen atoms in total. The molecule has 0 aliphatic heterocycles. The van der Waals surface area contributed by atoms with Gasteiger partial charge in [-0.25, -0.2) is 0 Å². The molecule has 11 rings (SSSR count).